The van der Waals surface area contributed by atoms with Gasteiger partial charge in [-0.05, 0) is 41.7 Å². The van der Waals surface area contributed by atoms with Crippen LogP contribution in [0.2, 0.25) is 0 Å². The number of anilines is 2. The van der Waals surface area contributed by atoms with Gasteiger partial charge in [0.15, 0.2) is 5.78 Å². The van der Waals surface area contributed by atoms with Gasteiger partial charge >= 0.3 is 0 Å². The van der Waals surface area contributed by atoms with Crippen LogP contribution >= 0.6 is 0 Å². The van der Waals surface area contributed by atoms with Crippen LogP contribution in [0.1, 0.15) is 51.6 Å². The standard InChI is InChI=1S/C24H25N3O4/c1-4-21(29)26-19-8-6-5-7-17(19)25-18-13-24(2,3)14-20(28)22(18)23(26)15-9-11-16(12-10-15)27(30)31/h5-12,23,25H,4,13-14H2,1-3H3/t23-/m1/s1. The minimum atomic E-state index is -0.650. The average Bonchev–Trinajstić information content (AvgIpc) is 2.86. The molecule has 1 amide bonds. The van der Waals surface area contributed by atoms with Crippen molar-refractivity contribution in [2.24, 2.45) is 5.41 Å². The van der Waals surface area contributed by atoms with Gasteiger partial charge < -0.3 is 5.32 Å². The largest absolute Gasteiger partial charge is 0.357 e. The molecule has 2 aliphatic rings. The Morgan fingerprint density at radius 2 is 1.84 bits per heavy atom. The average molecular weight is 419 g/mol. The van der Waals surface area contributed by atoms with E-state index in [-0.39, 0.29) is 29.2 Å². The number of nitro benzene ring substituents is 1. The number of hydrogen-bond donors (Lipinski definition) is 1. The molecular formula is C24H25N3O4. The lowest BCUT2D eigenvalue weighted by molar-refractivity contribution is -0.384. The van der Waals surface area contributed by atoms with Crippen molar-refractivity contribution in [2.75, 3.05) is 10.2 Å². The van der Waals surface area contributed by atoms with E-state index in [4.69, 9.17) is 0 Å². The first-order valence-electron chi connectivity index (χ1n) is 10.4. The number of nitrogens with zero attached hydrogens (tertiary/aromatic N) is 2. The van der Waals surface area contributed by atoms with Crippen molar-refractivity contribution in [3.8, 4) is 0 Å². The lowest BCUT2D eigenvalue weighted by atomic mass is 9.73. The molecule has 0 spiro atoms. The lowest BCUT2D eigenvalue weighted by Crippen LogP contribution is -2.39. The third-order valence-electron chi connectivity index (χ3n) is 5.89. The number of ketones is 1. The molecule has 0 fully saturated rings. The van der Waals surface area contributed by atoms with Crippen LogP contribution in [0.3, 0.4) is 0 Å². The van der Waals surface area contributed by atoms with E-state index in [0.717, 1.165) is 11.4 Å². The molecule has 0 unspecified atom stereocenters. The zero-order chi connectivity index (χ0) is 22.3. The van der Waals surface area contributed by atoms with Crippen molar-refractivity contribution < 1.29 is 14.5 Å². The molecule has 31 heavy (non-hydrogen) atoms. The van der Waals surface area contributed by atoms with E-state index in [1.807, 2.05) is 24.3 Å². The summed E-state index contributed by atoms with van der Waals surface area (Å²) >= 11 is 0. The quantitative estimate of drug-likeness (QED) is 0.549. The van der Waals surface area contributed by atoms with Crippen LogP contribution in [-0.2, 0) is 9.59 Å². The molecule has 1 aliphatic carbocycles. The predicted octanol–water partition coefficient (Wildman–Crippen LogP) is 5.15. The Morgan fingerprint density at radius 3 is 2.48 bits per heavy atom. The minimum Gasteiger partial charge on any atom is -0.357 e. The molecule has 7 heteroatoms. The molecule has 2 aromatic carbocycles. The summed E-state index contributed by atoms with van der Waals surface area (Å²) in [6.07, 6.45) is 1.31. The van der Waals surface area contributed by atoms with Crippen molar-refractivity contribution in [3.63, 3.8) is 0 Å². The number of carbonyl (C=O) groups excluding carboxylic acids is 2. The number of benzene rings is 2. The second-order valence-corrected chi connectivity index (χ2v) is 8.84. The summed E-state index contributed by atoms with van der Waals surface area (Å²) in [5.41, 5.74) is 3.27. The van der Waals surface area contributed by atoms with Crippen LogP contribution in [0.25, 0.3) is 0 Å². The highest BCUT2D eigenvalue weighted by Crippen LogP contribution is 2.48. The molecule has 0 bridgehead atoms. The van der Waals surface area contributed by atoms with E-state index in [9.17, 15) is 19.7 Å². The number of amides is 1. The third kappa shape index (κ3) is 3.71. The number of nitro groups is 1. The highest BCUT2D eigenvalue weighted by Gasteiger charge is 2.42. The molecule has 4 rings (SSSR count). The van der Waals surface area contributed by atoms with Crippen molar-refractivity contribution in [1.82, 2.24) is 0 Å². The maximum Gasteiger partial charge on any atom is 0.269 e. The van der Waals surface area contributed by atoms with Gasteiger partial charge in [-0.15, -0.1) is 0 Å². The van der Waals surface area contributed by atoms with E-state index in [1.165, 1.54) is 12.1 Å². The molecule has 0 saturated heterocycles. The maximum atomic E-state index is 13.4. The van der Waals surface area contributed by atoms with Gasteiger partial charge in [0.2, 0.25) is 5.91 Å². The molecule has 160 valence electrons. The highest BCUT2D eigenvalue weighted by atomic mass is 16.6. The fourth-order valence-electron chi connectivity index (χ4n) is 4.53. The number of rotatable bonds is 3. The Kier molecular flexibility index (Phi) is 5.13. The Labute approximate surface area is 180 Å². The third-order valence-corrected chi connectivity index (χ3v) is 5.89. The van der Waals surface area contributed by atoms with Crippen LogP contribution in [-0.4, -0.2) is 16.6 Å². The molecule has 2 aromatic rings. The highest BCUT2D eigenvalue weighted by molar-refractivity contribution is 6.06. The molecule has 0 saturated carbocycles. The van der Waals surface area contributed by atoms with Crippen molar-refractivity contribution in [2.45, 2.75) is 46.1 Å². The van der Waals surface area contributed by atoms with E-state index in [1.54, 1.807) is 24.0 Å². The predicted molar refractivity (Wildman–Crippen MR) is 119 cm³/mol. The lowest BCUT2D eigenvalue weighted by Gasteiger charge is -2.37. The molecule has 1 heterocycles. The number of carbonyl (C=O) groups is 2. The van der Waals surface area contributed by atoms with Gasteiger partial charge in [-0.3, -0.25) is 24.6 Å². The molecule has 1 aliphatic heterocycles. The summed E-state index contributed by atoms with van der Waals surface area (Å²) in [4.78, 5) is 39.0. The summed E-state index contributed by atoms with van der Waals surface area (Å²) in [6.45, 7) is 5.91. The second kappa shape index (κ2) is 7.65. The summed E-state index contributed by atoms with van der Waals surface area (Å²) in [6, 6.07) is 13.0. The Morgan fingerprint density at radius 1 is 1.16 bits per heavy atom. The molecule has 1 atom stereocenters. The SMILES string of the molecule is CCC(=O)N1c2ccccc2NC2=C(C(=O)CC(C)(C)C2)[C@H]1c1ccc([N+](=O)[O-])cc1. The Balaban J connectivity index is 1.98. The fraction of sp³-hybridized carbons (Fsp3) is 0.333. The van der Waals surface area contributed by atoms with Crippen LogP contribution in [0.5, 0.6) is 0 Å². The van der Waals surface area contributed by atoms with Crippen molar-refractivity contribution in [3.05, 3.63) is 75.5 Å². The summed E-state index contributed by atoms with van der Waals surface area (Å²) in [7, 11) is 0. The van der Waals surface area contributed by atoms with Gasteiger partial charge in [-0.25, -0.2) is 0 Å². The smallest absolute Gasteiger partial charge is 0.269 e. The van der Waals surface area contributed by atoms with E-state index < -0.39 is 11.0 Å². The Bertz CT molecular complexity index is 1100. The van der Waals surface area contributed by atoms with Gasteiger partial charge in [-0.1, -0.05) is 32.9 Å². The first kappa shape index (κ1) is 20.8. The van der Waals surface area contributed by atoms with Gasteiger partial charge in [0, 0.05) is 36.2 Å². The summed E-state index contributed by atoms with van der Waals surface area (Å²) in [5.74, 6) is -0.132. The van der Waals surface area contributed by atoms with Gasteiger partial charge in [-0.2, -0.15) is 0 Å². The maximum absolute atomic E-state index is 13.4. The zero-order valence-electron chi connectivity index (χ0n) is 17.8. The minimum absolute atomic E-state index is 0.0104. The molecule has 7 nitrogen and oxygen atoms in total. The number of para-hydroxylation sites is 2. The van der Waals surface area contributed by atoms with Gasteiger partial charge in [0.1, 0.15) is 0 Å². The Hall–Kier alpha value is -3.48. The van der Waals surface area contributed by atoms with Crippen molar-refractivity contribution in [1.29, 1.82) is 0 Å². The van der Waals surface area contributed by atoms with Crippen LogP contribution in [0, 0.1) is 15.5 Å². The van der Waals surface area contributed by atoms with Crippen LogP contribution in [0.15, 0.2) is 59.8 Å². The first-order valence-corrected chi connectivity index (χ1v) is 10.4. The first-order chi connectivity index (χ1) is 14.7. The number of fused-ring (bicyclic) bond motifs is 1. The monoisotopic (exact) mass is 419 g/mol. The molecule has 0 aromatic heterocycles. The van der Waals surface area contributed by atoms with Crippen molar-refractivity contribution >= 4 is 28.8 Å². The second-order valence-electron chi connectivity index (χ2n) is 8.84. The topological polar surface area (TPSA) is 92.6 Å². The summed E-state index contributed by atoms with van der Waals surface area (Å²) in [5, 5.41) is 14.6. The number of nitrogens with one attached hydrogen (secondary N) is 1. The van der Waals surface area contributed by atoms with E-state index in [2.05, 4.69) is 19.2 Å². The van der Waals surface area contributed by atoms with E-state index in [0.29, 0.717) is 29.7 Å². The van der Waals surface area contributed by atoms with Gasteiger partial charge in [0.25, 0.3) is 5.69 Å². The zero-order valence-corrected chi connectivity index (χ0v) is 17.8. The van der Waals surface area contributed by atoms with Crippen LogP contribution in [0.4, 0.5) is 17.1 Å². The van der Waals surface area contributed by atoms with Crippen LogP contribution < -0.4 is 10.2 Å². The fourth-order valence-corrected chi connectivity index (χ4v) is 4.53. The normalized spacial score (nSPS) is 19.8. The van der Waals surface area contributed by atoms with E-state index >= 15 is 0 Å². The summed E-state index contributed by atoms with van der Waals surface area (Å²) < 4.78 is 0. The number of allylic oxidation sites excluding steroid dienone is 1. The number of hydrogen-bond acceptors (Lipinski definition) is 5. The molecule has 1 N–H and O–H groups in total. The number of Topliss-reactive ketones (excluding diaryl/α,β-unsaturated/α-hetero) is 1. The molecule has 0 radical (unpaired) electrons. The molecular weight excluding hydrogens is 394 g/mol. The van der Waals surface area contributed by atoms with Gasteiger partial charge in [0.05, 0.1) is 22.3 Å². The number of non-ortho nitro benzene ring substituents is 1.